The van der Waals surface area contributed by atoms with Gasteiger partial charge < -0.3 is 14.6 Å². The SMILES string of the molecule is COCC1CCCCN1C(=O)c1c[nH]c2cccc(F)c12. The number of amides is 1. The van der Waals surface area contributed by atoms with Gasteiger partial charge in [0.05, 0.1) is 18.2 Å². The minimum absolute atomic E-state index is 0.0768. The Kier molecular flexibility index (Phi) is 3.92. The van der Waals surface area contributed by atoms with E-state index in [1.807, 2.05) is 4.90 Å². The molecule has 2 heterocycles. The number of piperidine rings is 1. The second-order valence-electron chi connectivity index (χ2n) is 5.47. The van der Waals surface area contributed by atoms with Crippen molar-refractivity contribution in [2.75, 3.05) is 20.3 Å². The van der Waals surface area contributed by atoms with Gasteiger partial charge in [0.25, 0.3) is 5.91 Å². The lowest BCUT2D eigenvalue weighted by Crippen LogP contribution is -2.46. The fourth-order valence-electron chi connectivity index (χ4n) is 3.10. The molecule has 1 aromatic heterocycles. The number of hydrogen-bond acceptors (Lipinski definition) is 2. The van der Waals surface area contributed by atoms with Crippen LogP contribution in [0.15, 0.2) is 24.4 Å². The molecule has 21 heavy (non-hydrogen) atoms. The topological polar surface area (TPSA) is 45.3 Å². The van der Waals surface area contributed by atoms with Gasteiger partial charge in [-0.3, -0.25) is 4.79 Å². The predicted molar refractivity (Wildman–Crippen MR) is 78.8 cm³/mol. The van der Waals surface area contributed by atoms with Gasteiger partial charge in [-0.25, -0.2) is 4.39 Å². The Morgan fingerprint density at radius 1 is 1.48 bits per heavy atom. The minimum Gasteiger partial charge on any atom is -0.383 e. The second kappa shape index (κ2) is 5.85. The zero-order valence-corrected chi connectivity index (χ0v) is 12.1. The van der Waals surface area contributed by atoms with E-state index in [0.717, 1.165) is 19.3 Å². The number of halogens is 1. The molecule has 0 bridgehead atoms. The Labute approximate surface area is 122 Å². The fraction of sp³-hybridized carbons (Fsp3) is 0.438. The van der Waals surface area contributed by atoms with Crippen molar-refractivity contribution in [1.82, 2.24) is 9.88 Å². The highest BCUT2D eigenvalue weighted by Gasteiger charge is 2.29. The van der Waals surface area contributed by atoms with E-state index in [0.29, 0.717) is 29.6 Å². The van der Waals surface area contributed by atoms with E-state index in [1.54, 1.807) is 25.4 Å². The van der Waals surface area contributed by atoms with Crippen LogP contribution in [0.1, 0.15) is 29.6 Å². The molecule has 5 heteroatoms. The maximum absolute atomic E-state index is 14.0. The third-order valence-electron chi connectivity index (χ3n) is 4.13. The van der Waals surface area contributed by atoms with Gasteiger partial charge in [0, 0.05) is 30.8 Å². The van der Waals surface area contributed by atoms with Gasteiger partial charge in [0.2, 0.25) is 0 Å². The van der Waals surface area contributed by atoms with Gasteiger partial charge in [-0.15, -0.1) is 0 Å². The molecule has 1 aromatic carbocycles. The summed E-state index contributed by atoms with van der Waals surface area (Å²) < 4.78 is 19.3. The van der Waals surface area contributed by atoms with Crippen LogP contribution in [0.25, 0.3) is 10.9 Å². The quantitative estimate of drug-likeness (QED) is 0.944. The van der Waals surface area contributed by atoms with Gasteiger partial charge in [0.15, 0.2) is 0 Å². The number of H-pyrrole nitrogens is 1. The molecular formula is C16H19FN2O2. The molecule has 1 fully saturated rings. The first-order valence-corrected chi connectivity index (χ1v) is 7.28. The molecule has 1 atom stereocenters. The molecule has 1 unspecified atom stereocenters. The van der Waals surface area contributed by atoms with E-state index in [-0.39, 0.29) is 17.8 Å². The fourth-order valence-corrected chi connectivity index (χ4v) is 3.10. The molecule has 112 valence electrons. The number of likely N-dealkylation sites (tertiary alicyclic amines) is 1. The van der Waals surface area contributed by atoms with E-state index < -0.39 is 0 Å². The average molecular weight is 290 g/mol. The van der Waals surface area contributed by atoms with Crippen LogP contribution in [-0.2, 0) is 4.74 Å². The first-order valence-electron chi connectivity index (χ1n) is 7.28. The molecule has 4 nitrogen and oxygen atoms in total. The van der Waals surface area contributed by atoms with Gasteiger partial charge in [-0.1, -0.05) is 6.07 Å². The number of hydrogen-bond donors (Lipinski definition) is 1. The van der Waals surface area contributed by atoms with E-state index >= 15 is 0 Å². The summed E-state index contributed by atoms with van der Waals surface area (Å²) >= 11 is 0. The van der Waals surface area contributed by atoms with E-state index in [2.05, 4.69) is 4.98 Å². The second-order valence-corrected chi connectivity index (χ2v) is 5.47. The van der Waals surface area contributed by atoms with E-state index in [9.17, 15) is 9.18 Å². The number of ether oxygens (including phenoxy) is 1. The van der Waals surface area contributed by atoms with Crippen LogP contribution < -0.4 is 0 Å². The van der Waals surface area contributed by atoms with Crippen molar-refractivity contribution in [3.05, 3.63) is 35.8 Å². The summed E-state index contributed by atoms with van der Waals surface area (Å²) in [5, 5.41) is 0.379. The Morgan fingerprint density at radius 2 is 2.33 bits per heavy atom. The molecule has 0 aliphatic carbocycles. The lowest BCUT2D eigenvalue weighted by Gasteiger charge is -2.35. The summed E-state index contributed by atoms with van der Waals surface area (Å²) in [6.07, 6.45) is 4.62. The molecule has 1 N–H and O–H groups in total. The standard InChI is InChI=1S/C16H19FN2O2/c1-21-10-11-5-2-3-8-19(11)16(20)12-9-18-14-7-4-6-13(17)15(12)14/h4,6-7,9,11,18H,2-3,5,8,10H2,1H3. The molecule has 1 amide bonds. The Bertz CT molecular complexity index is 651. The summed E-state index contributed by atoms with van der Waals surface area (Å²) in [5.74, 6) is -0.481. The van der Waals surface area contributed by atoms with Gasteiger partial charge >= 0.3 is 0 Å². The largest absolute Gasteiger partial charge is 0.383 e. The maximum Gasteiger partial charge on any atom is 0.256 e. The van der Waals surface area contributed by atoms with Crippen LogP contribution in [-0.4, -0.2) is 42.1 Å². The van der Waals surface area contributed by atoms with Crippen molar-refractivity contribution in [3.8, 4) is 0 Å². The van der Waals surface area contributed by atoms with Crippen LogP contribution >= 0.6 is 0 Å². The molecule has 0 saturated carbocycles. The summed E-state index contributed by atoms with van der Waals surface area (Å²) in [5.41, 5.74) is 1.06. The van der Waals surface area contributed by atoms with Crippen LogP contribution in [0.4, 0.5) is 4.39 Å². The number of nitrogens with zero attached hydrogens (tertiary/aromatic N) is 1. The summed E-state index contributed by atoms with van der Waals surface area (Å²) in [7, 11) is 1.64. The zero-order chi connectivity index (χ0) is 14.8. The van der Waals surface area contributed by atoms with Crippen LogP contribution in [0.5, 0.6) is 0 Å². The highest BCUT2D eigenvalue weighted by atomic mass is 19.1. The monoisotopic (exact) mass is 290 g/mol. The highest BCUT2D eigenvalue weighted by Crippen LogP contribution is 2.26. The molecule has 3 rings (SSSR count). The number of carbonyl (C=O) groups excluding carboxylic acids is 1. The molecule has 1 aliphatic rings. The van der Waals surface area contributed by atoms with Gasteiger partial charge in [0.1, 0.15) is 5.82 Å². The number of fused-ring (bicyclic) bond motifs is 1. The number of rotatable bonds is 3. The van der Waals surface area contributed by atoms with Crippen molar-refractivity contribution in [2.45, 2.75) is 25.3 Å². The van der Waals surface area contributed by atoms with Crippen molar-refractivity contribution in [2.24, 2.45) is 0 Å². The molecular weight excluding hydrogens is 271 g/mol. The van der Waals surface area contributed by atoms with Crippen molar-refractivity contribution < 1.29 is 13.9 Å². The minimum atomic E-state index is -0.364. The van der Waals surface area contributed by atoms with Crippen LogP contribution in [0, 0.1) is 5.82 Å². The average Bonchev–Trinajstić information content (AvgIpc) is 2.93. The molecule has 1 aliphatic heterocycles. The van der Waals surface area contributed by atoms with Gasteiger partial charge in [-0.2, -0.15) is 0 Å². The summed E-state index contributed by atoms with van der Waals surface area (Å²) in [6, 6.07) is 4.87. The van der Waals surface area contributed by atoms with Crippen LogP contribution in [0.2, 0.25) is 0 Å². The molecule has 2 aromatic rings. The lowest BCUT2D eigenvalue weighted by atomic mass is 10.0. The maximum atomic E-state index is 14.0. The Hall–Kier alpha value is -1.88. The van der Waals surface area contributed by atoms with Crippen LogP contribution in [0.3, 0.4) is 0 Å². The number of benzene rings is 1. The highest BCUT2D eigenvalue weighted by molar-refractivity contribution is 6.07. The molecule has 0 spiro atoms. The number of nitrogens with one attached hydrogen (secondary N) is 1. The number of aromatic nitrogens is 1. The number of aromatic amines is 1. The zero-order valence-electron chi connectivity index (χ0n) is 12.1. The first-order chi connectivity index (χ1) is 10.2. The first kappa shape index (κ1) is 14.1. The molecule has 0 radical (unpaired) electrons. The number of carbonyl (C=O) groups is 1. The van der Waals surface area contributed by atoms with Gasteiger partial charge in [-0.05, 0) is 31.4 Å². The van der Waals surface area contributed by atoms with Crippen molar-refractivity contribution in [3.63, 3.8) is 0 Å². The third kappa shape index (κ3) is 2.53. The number of methoxy groups -OCH3 is 1. The van der Waals surface area contributed by atoms with Crippen molar-refractivity contribution in [1.29, 1.82) is 0 Å². The van der Waals surface area contributed by atoms with E-state index in [1.165, 1.54) is 6.07 Å². The van der Waals surface area contributed by atoms with E-state index in [4.69, 9.17) is 4.74 Å². The smallest absolute Gasteiger partial charge is 0.256 e. The molecule has 1 saturated heterocycles. The lowest BCUT2D eigenvalue weighted by molar-refractivity contribution is 0.0429. The Morgan fingerprint density at radius 3 is 3.14 bits per heavy atom. The summed E-state index contributed by atoms with van der Waals surface area (Å²) in [6.45, 7) is 1.23. The summed E-state index contributed by atoms with van der Waals surface area (Å²) in [4.78, 5) is 17.6. The normalized spacial score (nSPS) is 19.1. The van der Waals surface area contributed by atoms with Crippen molar-refractivity contribution >= 4 is 16.8 Å². The predicted octanol–water partition coefficient (Wildman–Crippen LogP) is 2.95. The third-order valence-corrected chi connectivity index (χ3v) is 4.13. The Balaban J connectivity index is 1.95.